The van der Waals surface area contributed by atoms with Crippen LogP contribution in [0.3, 0.4) is 0 Å². The molecule has 0 aromatic heterocycles. The number of likely N-dealkylation sites (tertiary alicyclic amines) is 1. The van der Waals surface area contributed by atoms with E-state index in [1.165, 1.54) is 24.3 Å². The maximum atomic E-state index is 13.4. The van der Waals surface area contributed by atoms with E-state index >= 15 is 0 Å². The first-order chi connectivity index (χ1) is 9.36. The van der Waals surface area contributed by atoms with Crippen LogP contribution in [0.4, 0.5) is 13.2 Å². The molecule has 1 unspecified atom stereocenters. The van der Waals surface area contributed by atoms with Crippen molar-refractivity contribution in [2.75, 3.05) is 20.1 Å². The van der Waals surface area contributed by atoms with Gasteiger partial charge in [-0.25, -0.2) is 0 Å². The number of hydrogen-bond acceptors (Lipinski definition) is 3. The smallest absolute Gasteiger partial charge is 0.429 e. The Balaban J connectivity index is 2.30. The van der Waals surface area contributed by atoms with E-state index in [-0.39, 0.29) is 18.7 Å². The second-order valence-corrected chi connectivity index (χ2v) is 5.13. The van der Waals surface area contributed by atoms with Crippen molar-refractivity contribution in [3.8, 4) is 5.75 Å². The van der Waals surface area contributed by atoms with E-state index in [1.807, 2.05) is 0 Å². The van der Waals surface area contributed by atoms with E-state index in [9.17, 15) is 18.0 Å². The minimum absolute atomic E-state index is 0.0715. The summed E-state index contributed by atoms with van der Waals surface area (Å²) in [5.41, 5.74) is -1.91. The Bertz CT molecular complexity index is 490. The molecule has 0 bridgehead atoms. The van der Waals surface area contributed by atoms with Gasteiger partial charge in [-0.15, -0.1) is 0 Å². The summed E-state index contributed by atoms with van der Waals surface area (Å²) in [5, 5.41) is 0. The monoisotopic (exact) mass is 287 g/mol. The summed E-state index contributed by atoms with van der Waals surface area (Å²) >= 11 is 0. The van der Waals surface area contributed by atoms with Gasteiger partial charge in [0.2, 0.25) is 5.60 Å². The standard InChI is InChI=1S/C14H16F3NO2/c1-18-7-3-6-13(10-18,14(15,16)17)20-12-5-2-4-11(8-12)9-19/h2,4-5,8-9H,3,6-7,10H2,1H3. The summed E-state index contributed by atoms with van der Waals surface area (Å²) in [6, 6.07) is 5.80. The summed E-state index contributed by atoms with van der Waals surface area (Å²) < 4.78 is 45.5. The molecule has 20 heavy (non-hydrogen) atoms. The summed E-state index contributed by atoms with van der Waals surface area (Å²) in [7, 11) is 1.64. The van der Waals surface area contributed by atoms with Gasteiger partial charge in [-0.3, -0.25) is 4.79 Å². The summed E-state index contributed by atoms with van der Waals surface area (Å²) in [5.74, 6) is 0.0715. The molecule has 1 atom stereocenters. The van der Waals surface area contributed by atoms with Gasteiger partial charge in [-0.1, -0.05) is 12.1 Å². The third-order valence-electron chi connectivity index (χ3n) is 3.47. The predicted octanol–water partition coefficient (Wildman–Crippen LogP) is 2.90. The number of aldehydes is 1. The van der Waals surface area contributed by atoms with Crippen LogP contribution in [-0.4, -0.2) is 43.1 Å². The first-order valence-electron chi connectivity index (χ1n) is 6.36. The highest BCUT2D eigenvalue weighted by Crippen LogP contribution is 2.40. The van der Waals surface area contributed by atoms with E-state index in [4.69, 9.17) is 4.74 Å². The number of hydrogen-bond donors (Lipinski definition) is 0. The van der Waals surface area contributed by atoms with Crippen LogP contribution in [0.25, 0.3) is 0 Å². The number of rotatable bonds is 3. The molecule has 1 aliphatic heterocycles. The minimum atomic E-state index is -4.46. The van der Waals surface area contributed by atoms with Crippen LogP contribution in [0, 0.1) is 0 Å². The zero-order valence-corrected chi connectivity index (χ0v) is 11.1. The van der Waals surface area contributed by atoms with Gasteiger partial charge < -0.3 is 9.64 Å². The van der Waals surface area contributed by atoms with E-state index in [1.54, 1.807) is 11.9 Å². The van der Waals surface area contributed by atoms with Crippen LogP contribution in [0.2, 0.25) is 0 Å². The fourth-order valence-corrected chi connectivity index (χ4v) is 2.48. The summed E-state index contributed by atoms with van der Waals surface area (Å²) in [6.45, 7) is 0.414. The molecule has 0 amide bonds. The topological polar surface area (TPSA) is 29.5 Å². The molecule has 0 spiro atoms. The van der Waals surface area contributed by atoms with Gasteiger partial charge in [-0.2, -0.15) is 13.2 Å². The third-order valence-corrected chi connectivity index (χ3v) is 3.47. The lowest BCUT2D eigenvalue weighted by atomic mass is 9.92. The Kier molecular flexibility index (Phi) is 4.04. The maximum Gasteiger partial charge on any atom is 0.429 e. The molecule has 0 radical (unpaired) electrons. The Morgan fingerprint density at radius 2 is 2.15 bits per heavy atom. The molecular formula is C14H16F3NO2. The fraction of sp³-hybridized carbons (Fsp3) is 0.500. The number of nitrogens with zero attached hydrogens (tertiary/aromatic N) is 1. The van der Waals surface area contributed by atoms with Crippen LogP contribution in [-0.2, 0) is 0 Å². The van der Waals surface area contributed by atoms with Crippen LogP contribution >= 0.6 is 0 Å². The molecule has 1 aromatic carbocycles. The van der Waals surface area contributed by atoms with Crippen molar-refractivity contribution >= 4 is 6.29 Å². The zero-order valence-electron chi connectivity index (χ0n) is 11.1. The average molecular weight is 287 g/mol. The highest BCUT2D eigenvalue weighted by molar-refractivity contribution is 5.75. The molecule has 1 aromatic rings. The fourth-order valence-electron chi connectivity index (χ4n) is 2.48. The van der Waals surface area contributed by atoms with Crippen molar-refractivity contribution in [1.82, 2.24) is 4.90 Å². The molecule has 2 rings (SSSR count). The number of halogens is 3. The largest absolute Gasteiger partial charge is 0.476 e. The molecule has 1 heterocycles. The van der Waals surface area contributed by atoms with Crippen molar-refractivity contribution in [3.05, 3.63) is 29.8 Å². The highest BCUT2D eigenvalue weighted by Gasteiger charge is 2.58. The van der Waals surface area contributed by atoms with E-state index in [0.717, 1.165) is 0 Å². The molecule has 1 aliphatic rings. The van der Waals surface area contributed by atoms with Gasteiger partial charge in [0.1, 0.15) is 12.0 Å². The lowest BCUT2D eigenvalue weighted by Crippen LogP contribution is -2.59. The number of benzene rings is 1. The summed E-state index contributed by atoms with van der Waals surface area (Å²) in [6.07, 6.45) is -3.53. The Morgan fingerprint density at radius 1 is 1.40 bits per heavy atom. The van der Waals surface area contributed by atoms with Crippen molar-refractivity contribution in [2.45, 2.75) is 24.6 Å². The molecular weight excluding hydrogens is 271 g/mol. The molecule has 0 aliphatic carbocycles. The summed E-state index contributed by atoms with van der Waals surface area (Å²) in [4.78, 5) is 12.3. The first-order valence-corrected chi connectivity index (χ1v) is 6.36. The van der Waals surface area contributed by atoms with E-state index in [0.29, 0.717) is 24.8 Å². The number of ether oxygens (including phenoxy) is 1. The van der Waals surface area contributed by atoms with Crippen molar-refractivity contribution in [1.29, 1.82) is 0 Å². The molecule has 0 N–H and O–H groups in total. The van der Waals surface area contributed by atoms with Crippen molar-refractivity contribution < 1.29 is 22.7 Å². The number of carbonyl (C=O) groups excluding carboxylic acids is 1. The van der Waals surface area contributed by atoms with Gasteiger partial charge >= 0.3 is 6.18 Å². The molecule has 1 saturated heterocycles. The third kappa shape index (κ3) is 2.95. The zero-order chi connectivity index (χ0) is 14.8. The second kappa shape index (κ2) is 5.44. The van der Waals surface area contributed by atoms with E-state index in [2.05, 4.69) is 0 Å². The quantitative estimate of drug-likeness (QED) is 0.801. The van der Waals surface area contributed by atoms with Crippen LogP contribution in [0.15, 0.2) is 24.3 Å². The molecule has 1 fully saturated rings. The normalized spacial score (nSPS) is 24.4. The SMILES string of the molecule is CN1CCCC(Oc2cccc(C=O)c2)(C(F)(F)F)C1. The number of piperidine rings is 1. The minimum Gasteiger partial charge on any atom is -0.476 e. The van der Waals surface area contributed by atoms with E-state index < -0.39 is 11.8 Å². The Morgan fingerprint density at radius 3 is 2.75 bits per heavy atom. The maximum absolute atomic E-state index is 13.4. The average Bonchev–Trinajstić information content (AvgIpc) is 2.37. The lowest BCUT2D eigenvalue weighted by molar-refractivity contribution is -0.261. The van der Waals surface area contributed by atoms with Gasteiger partial charge in [0.15, 0.2) is 0 Å². The molecule has 6 heteroatoms. The van der Waals surface area contributed by atoms with Crippen molar-refractivity contribution in [2.24, 2.45) is 0 Å². The first kappa shape index (κ1) is 14.8. The number of carbonyl (C=O) groups is 1. The van der Waals surface area contributed by atoms with Crippen LogP contribution < -0.4 is 4.74 Å². The number of alkyl halides is 3. The molecule has 3 nitrogen and oxygen atoms in total. The van der Waals surface area contributed by atoms with Crippen LogP contribution in [0.1, 0.15) is 23.2 Å². The van der Waals surface area contributed by atoms with Gasteiger partial charge in [0, 0.05) is 12.1 Å². The molecule has 110 valence electrons. The van der Waals surface area contributed by atoms with Crippen molar-refractivity contribution in [3.63, 3.8) is 0 Å². The Labute approximate surface area is 115 Å². The Hall–Kier alpha value is -1.56. The van der Waals surface area contributed by atoms with Gasteiger partial charge in [0.05, 0.1) is 0 Å². The molecule has 0 saturated carbocycles. The van der Waals surface area contributed by atoms with Gasteiger partial charge in [0.25, 0.3) is 0 Å². The lowest BCUT2D eigenvalue weighted by Gasteiger charge is -2.42. The highest BCUT2D eigenvalue weighted by atomic mass is 19.4. The predicted molar refractivity (Wildman–Crippen MR) is 68.0 cm³/mol. The second-order valence-electron chi connectivity index (χ2n) is 5.13. The van der Waals surface area contributed by atoms with Crippen LogP contribution in [0.5, 0.6) is 5.75 Å². The van der Waals surface area contributed by atoms with Gasteiger partial charge in [-0.05, 0) is 38.6 Å². The number of likely N-dealkylation sites (N-methyl/N-ethyl adjacent to an activating group) is 1.